The van der Waals surface area contributed by atoms with Crippen LogP contribution in [0.15, 0.2) is 23.1 Å². The number of ketones is 1. The average molecular weight is 264 g/mol. The smallest absolute Gasteiger partial charge is 0.136 e. The van der Waals surface area contributed by atoms with Crippen molar-refractivity contribution in [3.05, 3.63) is 29.3 Å². The Morgan fingerprint density at radius 2 is 2.11 bits per heavy atom. The lowest BCUT2D eigenvalue weighted by Gasteiger charge is -2.10. The van der Waals surface area contributed by atoms with Gasteiger partial charge in [0, 0.05) is 23.0 Å². The fraction of sp³-hybridized carbons (Fsp3) is 0.533. The SMILES string of the molecule is Cc1ccc(C)c(S(=O)CCC2CCCC2=O)c1. The minimum atomic E-state index is -0.968. The van der Waals surface area contributed by atoms with Crippen LogP contribution in [-0.2, 0) is 15.6 Å². The van der Waals surface area contributed by atoms with Gasteiger partial charge in [-0.15, -0.1) is 0 Å². The second-order valence-electron chi connectivity index (χ2n) is 5.16. The largest absolute Gasteiger partial charge is 0.299 e. The molecule has 1 aromatic rings. The van der Waals surface area contributed by atoms with E-state index < -0.39 is 10.8 Å². The van der Waals surface area contributed by atoms with E-state index in [1.165, 1.54) is 0 Å². The van der Waals surface area contributed by atoms with Crippen molar-refractivity contribution in [2.75, 3.05) is 5.75 Å². The first-order valence-electron chi connectivity index (χ1n) is 6.56. The summed E-state index contributed by atoms with van der Waals surface area (Å²) < 4.78 is 12.3. The molecule has 0 N–H and O–H groups in total. The van der Waals surface area contributed by atoms with Crippen LogP contribution in [0.5, 0.6) is 0 Å². The number of rotatable bonds is 4. The lowest BCUT2D eigenvalue weighted by molar-refractivity contribution is -0.120. The molecule has 0 spiro atoms. The van der Waals surface area contributed by atoms with Crippen LogP contribution in [0.25, 0.3) is 0 Å². The molecule has 2 atom stereocenters. The second-order valence-corrected chi connectivity index (χ2v) is 6.70. The first-order chi connectivity index (χ1) is 8.58. The number of carbonyl (C=O) groups excluding carboxylic acids is 1. The summed E-state index contributed by atoms with van der Waals surface area (Å²) in [4.78, 5) is 12.5. The topological polar surface area (TPSA) is 34.1 Å². The second kappa shape index (κ2) is 5.79. The van der Waals surface area contributed by atoms with Crippen molar-refractivity contribution in [1.82, 2.24) is 0 Å². The molecule has 2 unspecified atom stereocenters. The molecule has 1 aliphatic carbocycles. The van der Waals surface area contributed by atoms with Crippen molar-refractivity contribution in [1.29, 1.82) is 0 Å². The van der Waals surface area contributed by atoms with Gasteiger partial charge in [-0.05, 0) is 50.3 Å². The Kier molecular flexibility index (Phi) is 4.33. The van der Waals surface area contributed by atoms with Crippen LogP contribution < -0.4 is 0 Å². The highest BCUT2D eigenvalue weighted by Crippen LogP contribution is 2.25. The van der Waals surface area contributed by atoms with Crippen LogP contribution in [0.1, 0.15) is 36.8 Å². The fourth-order valence-corrected chi connectivity index (χ4v) is 3.97. The van der Waals surface area contributed by atoms with Crippen molar-refractivity contribution < 1.29 is 9.00 Å². The number of aryl methyl sites for hydroxylation is 2. The summed E-state index contributed by atoms with van der Waals surface area (Å²) in [6.07, 6.45) is 3.50. The standard InChI is InChI=1S/C15H20O2S/c1-11-6-7-12(2)15(10-11)18(17)9-8-13-4-3-5-14(13)16/h6-7,10,13H,3-5,8-9H2,1-2H3. The summed E-state index contributed by atoms with van der Waals surface area (Å²) in [6, 6.07) is 6.06. The third-order valence-corrected chi connectivity index (χ3v) is 5.21. The van der Waals surface area contributed by atoms with Crippen molar-refractivity contribution in [3.63, 3.8) is 0 Å². The molecule has 0 saturated heterocycles. The molecular weight excluding hydrogens is 244 g/mol. The number of hydrogen-bond acceptors (Lipinski definition) is 2. The van der Waals surface area contributed by atoms with Gasteiger partial charge in [-0.3, -0.25) is 9.00 Å². The molecular formula is C15H20O2S. The van der Waals surface area contributed by atoms with Crippen LogP contribution in [0.3, 0.4) is 0 Å². The third-order valence-electron chi connectivity index (χ3n) is 3.67. The minimum absolute atomic E-state index is 0.166. The summed E-state index contributed by atoms with van der Waals surface area (Å²) in [6.45, 7) is 4.01. The molecule has 0 bridgehead atoms. The summed E-state index contributed by atoms with van der Waals surface area (Å²) in [7, 11) is -0.968. The number of benzene rings is 1. The van der Waals surface area contributed by atoms with Gasteiger partial charge in [0.1, 0.15) is 5.78 Å². The van der Waals surface area contributed by atoms with E-state index in [1.54, 1.807) is 0 Å². The maximum atomic E-state index is 12.3. The molecule has 1 saturated carbocycles. The molecule has 98 valence electrons. The Morgan fingerprint density at radius 3 is 2.78 bits per heavy atom. The molecule has 1 aromatic carbocycles. The van der Waals surface area contributed by atoms with E-state index in [-0.39, 0.29) is 5.92 Å². The molecule has 18 heavy (non-hydrogen) atoms. The van der Waals surface area contributed by atoms with E-state index in [9.17, 15) is 9.00 Å². The summed E-state index contributed by atoms with van der Waals surface area (Å²) in [5, 5.41) is 0. The predicted molar refractivity (Wildman–Crippen MR) is 74.2 cm³/mol. The van der Waals surface area contributed by atoms with Crippen LogP contribution in [-0.4, -0.2) is 15.7 Å². The quantitative estimate of drug-likeness (QED) is 0.837. The van der Waals surface area contributed by atoms with Gasteiger partial charge in [0.2, 0.25) is 0 Å². The molecule has 0 heterocycles. The normalized spacial score (nSPS) is 21.2. The monoisotopic (exact) mass is 264 g/mol. The Labute approximate surface area is 111 Å². The van der Waals surface area contributed by atoms with Gasteiger partial charge in [0.05, 0.1) is 10.8 Å². The van der Waals surface area contributed by atoms with Crippen LogP contribution in [0.2, 0.25) is 0 Å². The van der Waals surface area contributed by atoms with Gasteiger partial charge in [-0.1, -0.05) is 12.1 Å². The lowest BCUT2D eigenvalue weighted by atomic mass is 10.1. The lowest BCUT2D eigenvalue weighted by Crippen LogP contribution is -2.11. The molecule has 0 amide bonds. The molecule has 1 aliphatic rings. The molecule has 0 aliphatic heterocycles. The summed E-state index contributed by atoms with van der Waals surface area (Å²) >= 11 is 0. The van der Waals surface area contributed by atoms with Gasteiger partial charge in [0.15, 0.2) is 0 Å². The van der Waals surface area contributed by atoms with Crippen LogP contribution >= 0.6 is 0 Å². The van der Waals surface area contributed by atoms with Gasteiger partial charge in [0.25, 0.3) is 0 Å². The summed E-state index contributed by atoms with van der Waals surface area (Å²) in [5.41, 5.74) is 2.22. The van der Waals surface area contributed by atoms with E-state index >= 15 is 0 Å². The van der Waals surface area contributed by atoms with Gasteiger partial charge in [-0.25, -0.2) is 0 Å². The number of hydrogen-bond donors (Lipinski definition) is 0. The maximum Gasteiger partial charge on any atom is 0.136 e. The number of carbonyl (C=O) groups is 1. The van der Waals surface area contributed by atoms with E-state index in [0.29, 0.717) is 11.5 Å². The highest BCUT2D eigenvalue weighted by Gasteiger charge is 2.24. The zero-order chi connectivity index (χ0) is 13.1. The first-order valence-corrected chi connectivity index (χ1v) is 7.88. The van der Waals surface area contributed by atoms with Crippen molar-refractivity contribution in [2.45, 2.75) is 44.4 Å². The molecule has 2 nitrogen and oxygen atoms in total. The highest BCUT2D eigenvalue weighted by atomic mass is 32.2. The van der Waals surface area contributed by atoms with Gasteiger partial charge >= 0.3 is 0 Å². The minimum Gasteiger partial charge on any atom is -0.299 e. The molecule has 1 fully saturated rings. The predicted octanol–water partition coefficient (Wildman–Crippen LogP) is 3.17. The zero-order valence-electron chi connectivity index (χ0n) is 11.1. The Morgan fingerprint density at radius 1 is 1.33 bits per heavy atom. The maximum absolute atomic E-state index is 12.3. The molecule has 0 radical (unpaired) electrons. The van der Waals surface area contributed by atoms with Crippen molar-refractivity contribution in [3.8, 4) is 0 Å². The Balaban J connectivity index is 1.99. The van der Waals surface area contributed by atoms with Crippen molar-refractivity contribution in [2.24, 2.45) is 5.92 Å². The average Bonchev–Trinajstić information content (AvgIpc) is 2.75. The van der Waals surface area contributed by atoms with Crippen molar-refractivity contribution >= 4 is 16.6 Å². The fourth-order valence-electron chi connectivity index (χ4n) is 2.50. The Bertz CT molecular complexity index is 479. The van der Waals surface area contributed by atoms with E-state index in [2.05, 4.69) is 0 Å². The van der Waals surface area contributed by atoms with Gasteiger partial charge in [-0.2, -0.15) is 0 Å². The molecule has 2 rings (SSSR count). The van der Waals surface area contributed by atoms with E-state index in [4.69, 9.17) is 0 Å². The number of Topliss-reactive ketones (excluding diaryl/α,β-unsaturated/α-hetero) is 1. The zero-order valence-corrected chi connectivity index (χ0v) is 11.9. The van der Waals surface area contributed by atoms with Gasteiger partial charge < -0.3 is 0 Å². The summed E-state index contributed by atoms with van der Waals surface area (Å²) in [5.74, 6) is 1.15. The van der Waals surface area contributed by atoms with Crippen LogP contribution in [0, 0.1) is 19.8 Å². The van der Waals surface area contributed by atoms with Crippen LogP contribution in [0.4, 0.5) is 0 Å². The van der Waals surface area contributed by atoms with E-state index in [0.717, 1.165) is 41.7 Å². The van der Waals surface area contributed by atoms with E-state index in [1.807, 2.05) is 32.0 Å². The molecule has 3 heteroatoms. The molecule has 0 aromatic heterocycles. The first kappa shape index (κ1) is 13.5. The Hall–Kier alpha value is -0.960. The highest BCUT2D eigenvalue weighted by molar-refractivity contribution is 7.85. The third kappa shape index (κ3) is 3.08.